The molecule has 102 valence electrons. The Bertz CT molecular complexity index is 698. The van der Waals surface area contributed by atoms with Gasteiger partial charge in [-0.2, -0.15) is 5.10 Å². The normalized spacial score (nSPS) is 10.8. The second kappa shape index (κ2) is 5.51. The monoisotopic (exact) mass is 283 g/mol. The van der Waals surface area contributed by atoms with Crippen molar-refractivity contribution >= 4 is 17.2 Å². The standard InChI is InChI=1S/C16H17N3S/c1-11-5-2-3-6-12(11)8-9-13-15(16(17)19-18-13)14-7-4-10-20-14/h2-7,10H,8-9H2,1H3,(H3,17,18,19). The lowest BCUT2D eigenvalue weighted by atomic mass is 10.0. The Labute approximate surface area is 122 Å². The summed E-state index contributed by atoms with van der Waals surface area (Å²) in [6.45, 7) is 2.15. The average Bonchev–Trinajstić information content (AvgIpc) is 3.07. The molecule has 3 aromatic rings. The van der Waals surface area contributed by atoms with Crippen LogP contribution < -0.4 is 5.73 Å². The van der Waals surface area contributed by atoms with Gasteiger partial charge in [0.15, 0.2) is 5.82 Å². The molecule has 0 aliphatic rings. The summed E-state index contributed by atoms with van der Waals surface area (Å²) in [7, 11) is 0. The van der Waals surface area contributed by atoms with Crippen LogP contribution in [-0.4, -0.2) is 10.2 Å². The van der Waals surface area contributed by atoms with Gasteiger partial charge in [-0.3, -0.25) is 5.10 Å². The summed E-state index contributed by atoms with van der Waals surface area (Å²) in [6, 6.07) is 12.6. The first-order chi connectivity index (χ1) is 9.75. The third kappa shape index (κ3) is 2.47. The van der Waals surface area contributed by atoms with E-state index in [0.717, 1.165) is 24.1 Å². The Morgan fingerprint density at radius 1 is 1.15 bits per heavy atom. The van der Waals surface area contributed by atoms with Crippen molar-refractivity contribution in [2.75, 3.05) is 5.73 Å². The second-order valence-electron chi connectivity index (χ2n) is 4.87. The molecule has 0 amide bonds. The number of benzene rings is 1. The van der Waals surface area contributed by atoms with E-state index in [1.165, 1.54) is 16.0 Å². The Balaban J connectivity index is 1.84. The highest BCUT2D eigenvalue weighted by molar-refractivity contribution is 7.13. The van der Waals surface area contributed by atoms with Gasteiger partial charge in [-0.25, -0.2) is 0 Å². The Morgan fingerprint density at radius 2 is 2.00 bits per heavy atom. The van der Waals surface area contributed by atoms with Crippen LogP contribution in [0.4, 0.5) is 5.82 Å². The molecule has 3 rings (SSSR count). The topological polar surface area (TPSA) is 54.7 Å². The van der Waals surface area contributed by atoms with Gasteiger partial charge in [-0.05, 0) is 42.3 Å². The van der Waals surface area contributed by atoms with Crippen LogP contribution in [0.1, 0.15) is 16.8 Å². The van der Waals surface area contributed by atoms with E-state index < -0.39 is 0 Å². The molecular weight excluding hydrogens is 266 g/mol. The number of nitrogens with one attached hydrogen (secondary N) is 1. The largest absolute Gasteiger partial charge is 0.382 e. The fraction of sp³-hybridized carbons (Fsp3) is 0.188. The lowest BCUT2D eigenvalue weighted by Gasteiger charge is -2.05. The molecule has 2 heterocycles. The van der Waals surface area contributed by atoms with Gasteiger partial charge in [0.2, 0.25) is 0 Å². The van der Waals surface area contributed by atoms with Crippen LogP contribution in [-0.2, 0) is 12.8 Å². The number of thiophene rings is 1. The van der Waals surface area contributed by atoms with Crippen molar-refractivity contribution in [2.24, 2.45) is 0 Å². The predicted octanol–water partition coefficient (Wildman–Crippen LogP) is 3.81. The number of nitrogen functional groups attached to an aromatic ring is 1. The highest BCUT2D eigenvalue weighted by Crippen LogP contribution is 2.32. The number of hydrogen-bond donors (Lipinski definition) is 2. The van der Waals surface area contributed by atoms with Crippen LogP contribution in [0.3, 0.4) is 0 Å². The summed E-state index contributed by atoms with van der Waals surface area (Å²) < 4.78 is 0. The first-order valence-corrected chi connectivity index (χ1v) is 7.55. The van der Waals surface area contributed by atoms with E-state index in [2.05, 4.69) is 52.8 Å². The summed E-state index contributed by atoms with van der Waals surface area (Å²) in [6.07, 6.45) is 1.91. The molecule has 0 radical (unpaired) electrons. The van der Waals surface area contributed by atoms with E-state index in [1.807, 2.05) is 6.07 Å². The van der Waals surface area contributed by atoms with Crippen LogP contribution in [0.5, 0.6) is 0 Å². The molecule has 1 aromatic carbocycles. The predicted molar refractivity (Wildman–Crippen MR) is 84.9 cm³/mol. The first-order valence-electron chi connectivity index (χ1n) is 6.67. The number of hydrogen-bond acceptors (Lipinski definition) is 3. The van der Waals surface area contributed by atoms with Crippen molar-refractivity contribution in [3.05, 3.63) is 58.6 Å². The van der Waals surface area contributed by atoms with Gasteiger partial charge in [0, 0.05) is 10.6 Å². The lowest BCUT2D eigenvalue weighted by Crippen LogP contribution is -1.96. The Kier molecular flexibility index (Phi) is 3.56. The number of nitrogens with zero attached hydrogens (tertiary/aromatic N) is 1. The van der Waals surface area contributed by atoms with E-state index >= 15 is 0 Å². The van der Waals surface area contributed by atoms with Crippen molar-refractivity contribution in [1.29, 1.82) is 0 Å². The quantitative estimate of drug-likeness (QED) is 0.765. The summed E-state index contributed by atoms with van der Waals surface area (Å²) in [4.78, 5) is 1.18. The van der Waals surface area contributed by atoms with E-state index in [0.29, 0.717) is 5.82 Å². The summed E-state index contributed by atoms with van der Waals surface area (Å²) in [5.74, 6) is 0.590. The molecule has 0 saturated carbocycles. The maximum absolute atomic E-state index is 6.00. The van der Waals surface area contributed by atoms with Crippen molar-refractivity contribution in [3.63, 3.8) is 0 Å². The molecule has 20 heavy (non-hydrogen) atoms. The minimum Gasteiger partial charge on any atom is -0.382 e. The van der Waals surface area contributed by atoms with Gasteiger partial charge >= 0.3 is 0 Å². The molecule has 0 unspecified atom stereocenters. The van der Waals surface area contributed by atoms with Crippen molar-refractivity contribution in [1.82, 2.24) is 10.2 Å². The molecule has 0 fully saturated rings. The maximum atomic E-state index is 6.00. The Morgan fingerprint density at radius 3 is 2.75 bits per heavy atom. The molecule has 0 bridgehead atoms. The maximum Gasteiger partial charge on any atom is 0.154 e. The number of anilines is 1. The highest BCUT2D eigenvalue weighted by atomic mass is 32.1. The van der Waals surface area contributed by atoms with Crippen molar-refractivity contribution in [3.8, 4) is 10.4 Å². The third-order valence-electron chi connectivity index (χ3n) is 3.54. The van der Waals surface area contributed by atoms with Gasteiger partial charge in [0.05, 0.1) is 5.56 Å². The molecule has 0 spiro atoms. The molecule has 0 aliphatic carbocycles. The Hall–Kier alpha value is -2.07. The molecule has 0 aliphatic heterocycles. The van der Waals surface area contributed by atoms with E-state index in [1.54, 1.807) is 11.3 Å². The molecule has 0 saturated heterocycles. The average molecular weight is 283 g/mol. The SMILES string of the molecule is Cc1ccccc1CCc1[nH]nc(N)c1-c1cccs1. The molecular formula is C16H17N3S. The van der Waals surface area contributed by atoms with E-state index in [-0.39, 0.29) is 0 Å². The van der Waals surface area contributed by atoms with Crippen LogP contribution in [0.2, 0.25) is 0 Å². The minimum absolute atomic E-state index is 0.590. The molecule has 4 heteroatoms. The smallest absolute Gasteiger partial charge is 0.154 e. The van der Waals surface area contributed by atoms with Crippen molar-refractivity contribution < 1.29 is 0 Å². The fourth-order valence-corrected chi connectivity index (χ4v) is 3.23. The fourth-order valence-electron chi connectivity index (χ4n) is 2.42. The number of nitrogens with two attached hydrogens (primary N) is 1. The zero-order chi connectivity index (χ0) is 13.9. The van der Waals surface area contributed by atoms with Gasteiger partial charge in [0.25, 0.3) is 0 Å². The number of aromatic amines is 1. The lowest BCUT2D eigenvalue weighted by molar-refractivity contribution is 0.889. The first kappa shape index (κ1) is 12.9. The number of H-pyrrole nitrogens is 1. The van der Waals surface area contributed by atoms with Crippen molar-refractivity contribution in [2.45, 2.75) is 19.8 Å². The second-order valence-corrected chi connectivity index (χ2v) is 5.81. The number of rotatable bonds is 4. The zero-order valence-corrected chi connectivity index (χ0v) is 12.2. The van der Waals surface area contributed by atoms with Crippen LogP contribution >= 0.6 is 11.3 Å². The minimum atomic E-state index is 0.590. The summed E-state index contributed by atoms with van der Waals surface area (Å²) in [5, 5.41) is 9.31. The van der Waals surface area contributed by atoms with E-state index in [4.69, 9.17) is 5.73 Å². The zero-order valence-electron chi connectivity index (χ0n) is 11.4. The van der Waals surface area contributed by atoms with E-state index in [9.17, 15) is 0 Å². The van der Waals surface area contributed by atoms with Gasteiger partial charge < -0.3 is 5.73 Å². The van der Waals surface area contributed by atoms with Crippen LogP contribution in [0.25, 0.3) is 10.4 Å². The third-order valence-corrected chi connectivity index (χ3v) is 4.43. The van der Waals surface area contributed by atoms with Crippen LogP contribution in [0.15, 0.2) is 41.8 Å². The molecule has 0 atom stereocenters. The molecule has 3 N–H and O–H groups in total. The van der Waals surface area contributed by atoms with Gasteiger partial charge in [0.1, 0.15) is 0 Å². The molecule has 3 nitrogen and oxygen atoms in total. The number of aromatic nitrogens is 2. The van der Waals surface area contributed by atoms with Gasteiger partial charge in [-0.15, -0.1) is 11.3 Å². The highest BCUT2D eigenvalue weighted by Gasteiger charge is 2.14. The number of aryl methyl sites for hydroxylation is 3. The molecule has 2 aromatic heterocycles. The van der Waals surface area contributed by atoms with Gasteiger partial charge in [-0.1, -0.05) is 30.3 Å². The summed E-state index contributed by atoms with van der Waals surface area (Å²) in [5.41, 5.74) is 10.9. The van der Waals surface area contributed by atoms with Crippen LogP contribution in [0, 0.1) is 6.92 Å². The summed E-state index contributed by atoms with van der Waals surface area (Å²) >= 11 is 1.69.